The standard InChI is InChI=1S/C22H26F3N3O3S/c1-2-11-27-12-6-13-28(15-14-27)21(29)17-7-5-8-18(16-17)26-32(30,31)20-10-4-3-9-19(20)22(23,24)25/h3-5,7-10,16,26H,2,6,11-15H2,1H3. The molecule has 0 saturated carbocycles. The first-order valence-electron chi connectivity index (χ1n) is 10.4. The SMILES string of the molecule is CCCN1CCCN(C(=O)c2cccc(NS(=O)(=O)c3ccccc3C(F)(F)F)c2)CC1. The van der Waals surface area contributed by atoms with Crippen LogP contribution in [-0.4, -0.2) is 56.8 Å². The minimum atomic E-state index is -4.82. The maximum absolute atomic E-state index is 13.3. The monoisotopic (exact) mass is 469 g/mol. The molecule has 1 saturated heterocycles. The van der Waals surface area contributed by atoms with E-state index in [9.17, 15) is 26.4 Å². The molecule has 0 aromatic heterocycles. The van der Waals surface area contributed by atoms with E-state index in [4.69, 9.17) is 0 Å². The molecule has 0 bridgehead atoms. The van der Waals surface area contributed by atoms with Gasteiger partial charge in [-0.3, -0.25) is 9.52 Å². The van der Waals surface area contributed by atoms with E-state index in [0.29, 0.717) is 13.1 Å². The van der Waals surface area contributed by atoms with Gasteiger partial charge < -0.3 is 9.80 Å². The number of hydrogen-bond donors (Lipinski definition) is 1. The number of nitrogens with one attached hydrogen (secondary N) is 1. The molecule has 10 heteroatoms. The van der Waals surface area contributed by atoms with Crippen molar-refractivity contribution < 1.29 is 26.4 Å². The number of nitrogens with zero attached hydrogens (tertiary/aromatic N) is 2. The Morgan fingerprint density at radius 1 is 1.03 bits per heavy atom. The van der Waals surface area contributed by atoms with Gasteiger partial charge in [0, 0.05) is 30.9 Å². The van der Waals surface area contributed by atoms with Crippen LogP contribution < -0.4 is 4.72 Å². The molecular weight excluding hydrogens is 443 g/mol. The molecule has 6 nitrogen and oxygen atoms in total. The van der Waals surface area contributed by atoms with Gasteiger partial charge in [-0.25, -0.2) is 8.42 Å². The summed E-state index contributed by atoms with van der Waals surface area (Å²) in [5, 5.41) is 0. The van der Waals surface area contributed by atoms with Crippen molar-refractivity contribution in [2.75, 3.05) is 37.4 Å². The normalized spacial score (nSPS) is 15.9. The smallest absolute Gasteiger partial charge is 0.337 e. The molecule has 1 aliphatic heterocycles. The van der Waals surface area contributed by atoms with Crippen molar-refractivity contribution in [3.05, 3.63) is 59.7 Å². The third kappa shape index (κ3) is 5.80. The summed E-state index contributed by atoms with van der Waals surface area (Å²) in [6.45, 7) is 5.91. The fourth-order valence-corrected chi connectivity index (χ4v) is 5.04. The zero-order chi connectivity index (χ0) is 23.4. The molecule has 3 rings (SSSR count). The lowest BCUT2D eigenvalue weighted by Crippen LogP contribution is -2.35. The van der Waals surface area contributed by atoms with Gasteiger partial charge in [-0.1, -0.05) is 25.1 Å². The van der Waals surface area contributed by atoms with E-state index < -0.39 is 26.7 Å². The van der Waals surface area contributed by atoms with E-state index in [2.05, 4.69) is 16.5 Å². The van der Waals surface area contributed by atoms with Crippen molar-refractivity contribution in [3.63, 3.8) is 0 Å². The number of hydrogen-bond acceptors (Lipinski definition) is 4. The number of halogens is 3. The Kier molecular flexibility index (Phi) is 7.45. The van der Waals surface area contributed by atoms with Crippen molar-refractivity contribution in [2.45, 2.75) is 30.8 Å². The summed E-state index contributed by atoms with van der Waals surface area (Å²) < 4.78 is 67.3. The number of anilines is 1. The number of carbonyl (C=O) groups is 1. The lowest BCUT2D eigenvalue weighted by molar-refractivity contribution is -0.139. The predicted molar refractivity (Wildman–Crippen MR) is 116 cm³/mol. The summed E-state index contributed by atoms with van der Waals surface area (Å²) in [5.74, 6) is -0.236. The molecule has 1 fully saturated rings. The van der Waals surface area contributed by atoms with Gasteiger partial charge in [0.25, 0.3) is 15.9 Å². The second-order valence-electron chi connectivity index (χ2n) is 7.67. The van der Waals surface area contributed by atoms with Crippen LogP contribution in [0.15, 0.2) is 53.4 Å². The fraction of sp³-hybridized carbons (Fsp3) is 0.409. The minimum absolute atomic E-state index is 0.0234. The predicted octanol–water partition coefficient (Wildman–Crippen LogP) is 4.06. The van der Waals surface area contributed by atoms with Crippen molar-refractivity contribution in [2.24, 2.45) is 0 Å². The number of benzene rings is 2. The number of amides is 1. The average molecular weight is 470 g/mol. The molecular formula is C22H26F3N3O3S. The van der Waals surface area contributed by atoms with Crippen LogP contribution in [0.2, 0.25) is 0 Å². The lowest BCUT2D eigenvalue weighted by Gasteiger charge is -2.22. The number of rotatable bonds is 6. The van der Waals surface area contributed by atoms with E-state index in [1.54, 1.807) is 11.0 Å². The minimum Gasteiger partial charge on any atom is -0.337 e. The zero-order valence-corrected chi connectivity index (χ0v) is 18.5. The van der Waals surface area contributed by atoms with Crippen molar-refractivity contribution in [1.29, 1.82) is 0 Å². The Hall–Kier alpha value is -2.59. The highest BCUT2D eigenvalue weighted by molar-refractivity contribution is 7.92. The molecule has 0 spiro atoms. The number of alkyl halides is 3. The first kappa shape index (κ1) is 24.1. The van der Waals surface area contributed by atoms with Gasteiger partial charge in [-0.05, 0) is 56.3 Å². The van der Waals surface area contributed by atoms with E-state index in [0.717, 1.165) is 50.7 Å². The highest BCUT2D eigenvalue weighted by atomic mass is 32.2. The van der Waals surface area contributed by atoms with Crippen LogP contribution in [0.1, 0.15) is 35.7 Å². The Morgan fingerprint density at radius 3 is 2.50 bits per heavy atom. The van der Waals surface area contributed by atoms with Crippen LogP contribution in [0, 0.1) is 0 Å². The van der Waals surface area contributed by atoms with E-state index in [-0.39, 0.29) is 17.2 Å². The lowest BCUT2D eigenvalue weighted by atomic mass is 10.1. The Morgan fingerprint density at radius 2 is 1.78 bits per heavy atom. The Balaban J connectivity index is 1.79. The van der Waals surface area contributed by atoms with Crippen molar-refractivity contribution in [1.82, 2.24) is 9.80 Å². The van der Waals surface area contributed by atoms with Gasteiger partial charge in [0.1, 0.15) is 0 Å². The molecule has 0 atom stereocenters. The van der Waals surface area contributed by atoms with Crippen LogP contribution in [-0.2, 0) is 16.2 Å². The molecule has 1 heterocycles. The van der Waals surface area contributed by atoms with E-state index in [1.807, 2.05) is 0 Å². The molecule has 2 aromatic rings. The van der Waals surface area contributed by atoms with E-state index in [1.165, 1.54) is 24.3 Å². The van der Waals surface area contributed by atoms with Crippen LogP contribution in [0.4, 0.5) is 18.9 Å². The van der Waals surface area contributed by atoms with Crippen LogP contribution in [0.3, 0.4) is 0 Å². The summed E-state index contributed by atoms with van der Waals surface area (Å²) in [6, 6.07) is 9.80. The summed E-state index contributed by atoms with van der Waals surface area (Å²) in [6.07, 6.45) is -2.94. The second kappa shape index (κ2) is 9.91. The first-order chi connectivity index (χ1) is 15.1. The van der Waals surface area contributed by atoms with Gasteiger partial charge in [0.15, 0.2) is 0 Å². The average Bonchev–Trinajstić information content (AvgIpc) is 2.98. The first-order valence-corrected chi connectivity index (χ1v) is 11.9. The van der Waals surface area contributed by atoms with Gasteiger partial charge in [-0.2, -0.15) is 13.2 Å². The molecule has 1 amide bonds. The molecule has 0 aliphatic carbocycles. The van der Waals surface area contributed by atoms with Gasteiger partial charge in [0.2, 0.25) is 0 Å². The van der Waals surface area contributed by atoms with Crippen LogP contribution >= 0.6 is 0 Å². The molecule has 0 radical (unpaired) electrons. The number of carbonyl (C=O) groups excluding carboxylic acids is 1. The summed E-state index contributed by atoms with van der Waals surface area (Å²) >= 11 is 0. The third-order valence-corrected chi connectivity index (χ3v) is 6.70. The van der Waals surface area contributed by atoms with Gasteiger partial charge in [0.05, 0.1) is 10.5 Å². The zero-order valence-electron chi connectivity index (χ0n) is 17.7. The van der Waals surface area contributed by atoms with Crippen molar-refractivity contribution in [3.8, 4) is 0 Å². The third-order valence-electron chi connectivity index (χ3n) is 5.26. The summed E-state index contributed by atoms with van der Waals surface area (Å²) in [4.78, 5) is 16.1. The maximum atomic E-state index is 13.3. The van der Waals surface area contributed by atoms with Crippen LogP contribution in [0.25, 0.3) is 0 Å². The quantitative estimate of drug-likeness (QED) is 0.693. The highest BCUT2D eigenvalue weighted by Gasteiger charge is 2.37. The highest BCUT2D eigenvalue weighted by Crippen LogP contribution is 2.34. The van der Waals surface area contributed by atoms with Crippen LogP contribution in [0.5, 0.6) is 0 Å². The summed E-state index contributed by atoms with van der Waals surface area (Å²) in [7, 11) is -4.52. The molecule has 174 valence electrons. The molecule has 1 N–H and O–H groups in total. The van der Waals surface area contributed by atoms with E-state index >= 15 is 0 Å². The van der Waals surface area contributed by atoms with Gasteiger partial charge in [-0.15, -0.1) is 0 Å². The van der Waals surface area contributed by atoms with Crippen molar-refractivity contribution >= 4 is 21.6 Å². The molecule has 0 unspecified atom stereocenters. The largest absolute Gasteiger partial charge is 0.417 e. The Labute approximate surface area is 186 Å². The number of sulfonamides is 1. The fourth-order valence-electron chi connectivity index (χ4n) is 3.76. The topological polar surface area (TPSA) is 69.7 Å². The Bertz CT molecular complexity index is 1060. The maximum Gasteiger partial charge on any atom is 0.417 e. The molecule has 32 heavy (non-hydrogen) atoms. The molecule has 2 aromatic carbocycles. The molecule has 1 aliphatic rings. The second-order valence-corrected chi connectivity index (χ2v) is 9.32. The summed E-state index contributed by atoms with van der Waals surface area (Å²) in [5.41, 5.74) is -0.950. The van der Waals surface area contributed by atoms with Gasteiger partial charge >= 0.3 is 6.18 Å².